The van der Waals surface area contributed by atoms with Crippen LogP contribution in [0.5, 0.6) is 0 Å². The first kappa shape index (κ1) is 24.9. The number of benzene rings is 2. The zero-order valence-electron chi connectivity index (χ0n) is 20.4. The van der Waals surface area contributed by atoms with E-state index < -0.39 is 17.1 Å². The molecule has 5 aromatic rings. The van der Waals surface area contributed by atoms with Crippen LogP contribution in [0.4, 0.5) is 21.6 Å². The summed E-state index contributed by atoms with van der Waals surface area (Å²) < 4.78 is 15.3. The summed E-state index contributed by atoms with van der Waals surface area (Å²) in [5.41, 5.74) is 1.83. The Morgan fingerprint density at radius 1 is 1.08 bits per heavy atom. The number of nitriles is 1. The molecule has 1 amide bonds. The van der Waals surface area contributed by atoms with Crippen LogP contribution in [0.25, 0.3) is 22.3 Å². The maximum Gasteiger partial charge on any atom is 0.258 e. The maximum absolute atomic E-state index is 15.3. The lowest BCUT2D eigenvalue weighted by atomic mass is 9.84. The third-order valence-electron chi connectivity index (χ3n) is 6.04. The summed E-state index contributed by atoms with van der Waals surface area (Å²) in [6.45, 7) is 3.09. The van der Waals surface area contributed by atoms with Crippen LogP contribution in [0.2, 0.25) is 5.02 Å². The van der Waals surface area contributed by atoms with E-state index in [1.165, 1.54) is 18.5 Å². The number of nitrogens with zero attached hydrogens (tertiary/aromatic N) is 4. The molecule has 0 spiro atoms. The second-order valence-corrected chi connectivity index (χ2v) is 9.45. The summed E-state index contributed by atoms with van der Waals surface area (Å²) >= 11 is 6.16. The van der Waals surface area contributed by atoms with Crippen LogP contribution in [-0.4, -0.2) is 25.8 Å². The molecule has 3 N–H and O–H groups in total. The summed E-state index contributed by atoms with van der Waals surface area (Å²) in [4.78, 5) is 29.3. The first-order chi connectivity index (χ1) is 18.3. The van der Waals surface area contributed by atoms with Crippen LogP contribution in [0.15, 0.2) is 73.3 Å². The zero-order chi connectivity index (χ0) is 26.9. The van der Waals surface area contributed by atoms with E-state index in [1.807, 2.05) is 30.3 Å². The van der Waals surface area contributed by atoms with Crippen molar-refractivity contribution in [2.24, 2.45) is 0 Å². The first-order valence-corrected chi connectivity index (χ1v) is 12.0. The van der Waals surface area contributed by atoms with Crippen LogP contribution in [0.1, 0.15) is 29.8 Å². The number of H-pyrrole nitrogens is 1. The summed E-state index contributed by atoms with van der Waals surface area (Å²) in [5, 5.41) is 16.4. The molecular weight excluding hydrogens is 505 g/mol. The van der Waals surface area contributed by atoms with Crippen molar-refractivity contribution < 1.29 is 9.18 Å². The average Bonchev–Trinajstić information content (AvgIpc) is 3.38. The number of hydrogen-bond donors (Lipinski definition) is 3. The monoisotopic (exact) mass is 525 g/mol. The van der Waals surface area contributed by atoms with Gasteiger partial charge in [-0.25, -0.2) is 19.3 Å². The van der Waals surface area contributed by atoms with Crippen molar-refractivity contribution in [3.8, 4) is 17.3 Å². The van der Waals surface area contributed by atoms with Gasteiger partial charge in [0, 0.05) is 45.3 Å². The molecule has 0 aliphatic heterocycles. The van der Waals surface area contributed by atoms with Crippen LogP contribution in [0, 0.1) is 17.1 Å². The van der Waals surface area contributed by atoms with E-state index in [9.17, 15) is 10.1 Å². The van der Waals surface area contributed by atoms with E-state index >= 15 is 4.39 Å². The Kier molecular flexibility index (Phi) is 6.49. The van der Waals surface area contributed by atoms with Crippen molar-refractivity contribution in [2.45, 2.75) is 19.3 Å². The molecule has 0 atom stereocenters. The Bertz CT molecular complexity index is 1720. The molecule has 188 valence electrons. The molecule has 0 saturated heterocycles. The van der Waals surface area contributed by atoms with Gasteiger partial charge in [0.1, 0.15) is 23.6 Å². The summed E-state index contributed by atoms with van der Waals surface area (Å²) in [6, 6.07) is 17.3. The van der Waals surface area contributed by atoms with Gasteiger partial charge >= 0.3 is 0 Å². The summed E-state index contributed by atoms with van der Waals surface area (Å²) in [6.07, 6.45) is 4.95. The molecule has 3 heterocycles. The van der Waals surface area contributed by atoms with Gasteiger partial charge in [-0.2, -0.15) is 5.26 Å². The largest absolute Gasteiger partial charge is 0.346 e. The molecule has 38 heavy (non-hydrogen) atoms. The van der Waals surface area contributed by atoms with Crippen molar-refractivity contribution in [1.29, 1.82) is 5.26 Å². The predicted molar refractivity (Wildman–Crippen MR) is 145 cm³/mol. The Morgan fingerprint density at radius 3 is 2.71 bits per heavy atom. The number of carbonyl (C=O) groups is 1. The van der Waals surface area contributed by atoms with E-state index in [-0.39, 0.29) is 16.1 Å². The number of halogens is 2. The highest BCUT2D eigenvalue weighted by molar-refractivity contribution is 6.31. The van der Waals surface area contributed by atoms with E-state index in [0.29, 0.717) is 28.5 Å². The van der Waals surface area contributed by atoms with Gasteiger partial charge in [0.25, 0.3) is 5.91 Å². The van der Waals surface area contributed by atoms with Gasteiger partial charge in [-0.15, -0.1) is 0 Å². The molecule has 0 fully saturated rings. The minimum atomic E-state index is -1.21. The van der Waals surface area contributed by atoms with Crippen molar-refractivity contribution in [3.05, 3.63) is 95.3 Å². The fourth-order valence-electron chi connectivity index (χ4n) is 4.15. The van der Waals surface area contributed by atoms with Gasteiger partial charge in [-0.05, 0) is 62.4 Å². The smallest absolute Gasteiger partial charge is 0.258 e. The molecule has 5 rings (SSSR count). The molecule has 0 bridgehead atoms. The fraction of sp³-hybridized carbons (Fsp3) is 0.107. The fourth-order valence-corrected chi connectivity index (χ4v) is 4.53. The second-order valence-electron chi connectivity index (χ2n) is 9.04. The van der Waals surface area contributed by atoms with Crippen molar-refractivity contribution >= 4 is 45.7 Å². The third kappa shape index (κ3) is 4.65. The number of fused-ring (bicyclic) bond motifs is 1. The van der Waals surface area contributed by atoms with Crippen LogP contribution in [0.3, 0.4) is 0 Å². The molecule has 10 heteroatoms. The van der Waals surface area contributed by atoms with Crippen LogP contribution in [-0.2, 0) is 5.41 Å². The molecule has 0 aliphatic carbocycles. The summed E-state index contributed by atoms with van der Waals surface area (Å²) in [7, 11) is 0. The van der Waals surface area contributed by atoms with Crippen molar-refractivity contribution in [2.75, 3.05) is 10.6 Å². The van der Waals surface area contributed by atoms with E-state index in [0.717, 1.165) is 10.9 Å². The topological polar surface area (TPSA) is 119 Å². The number of aromatic amines is 1. The lowest BCUT2D eigenvalue weighted by molar-refractivity contribution is 0.102. The zero-order valence-corrected chi connectivity index (χ0v) is 21.1. The molecular formula is C28H21ClFN7O. The predicted octanol–water partition coefficient (Wildman–Crippen LogP) is 6.61. The number of anilines is 3. The van der Waals surface area contributed by atoms with Gasteiger partial charge in [0.15, 0.2) is 0 Å². The van der Waals surface area contributed by atoms with Gasteiger partial charge < -0.3 is 15.6 Å². The number of pyridine rings is 1. The molecule has 3 aromatic heterocycles. The molecule has 8 nitrogen and oxygen atoms in total. The first-order valence-electron chi connectivity index (χ1n) is 11.6. The van der Waals surface area contributed by atoms with Crippen molar-refractivity contribution in [1.82, 2.24) is 19.9 Å². The quantitative estimate of drug-likeness (QED) is 0.229. The molecule has 0 aliphatic rings. The molecule has 0 saturated carbocycles. The molecule has 0 unspecified atom stereocenters. The van der Waals surface area contributed by atoms with Gasteiger partial charge in [-0.3, -0.25) is 4.79 Å². The minimum Gasteiger partial charge on any atom is -0.346 e. The third-order valence-corrected chi connectivity index (χ3v) is 6.36. The van der Waals surface area contributed by atoms with Crippen molar-refractivity contribution in [3.63, 3.8) is 0 Å². The Morgan fingerprint density at radius 2 is 1.89 bits per heavy atom. The molecule has 2 aromatic carbocycles. The van der Waals surface area contributed by atoms with Crippen LogP contribution < -0.4 is 10.6 Å². The number of rotatable bonds is 6. The number of carbonyl (C=O) groups excluding carboxylic acids is 1. The Hall–Kier alpha value is -4.81. The van der Waals surface area contributed by atoms with Gasteiger partial charge in [-0.1, -0.05) is 17.7 Å². The standard InChI is InChI=1S/C28H21ClFN7O/c1-28(2,14-31)22-21(29)9-8-18(23(22)30)27(38)37-17-6-3-5-16(13-17)36-26-19(7-4-11-32-26)24-20-10-12-33-25(20)35-15-34-24/h3-13,15H,1-2H3,(H,32,36)(H,37,38)(H,33,34,35). The second kappa shape index (κ2) is 9.92. The van der Waals surface area contributed by atoms with Gasteiger partial charge in [0.05, 0.1) is 22.7 Å². The van der Waals surface area contributed by atoms with E-state index in [1.54, 1.807) is 44.4 Å². The minimum absolute atomic E-state index is 0.0198. The van der Waals surface area contributed by atoms with E-state index in [2.05, 4.69) is 30.6 Å². The summed E-state index contributed by atoms with van der Waals surface area (Å²) in [5.74, 6) is -0.931. The highest BCUT2D eigenvalue weighted by atomic mass is 35.5. The Labute approximate surface area is 222 Å². The van der Waals surface area contributed by atoms with Gasteiger partial charge in [0.2, 0.25) is 0 Å². The highest BCUT2D eigenvalue weighted by Crippen LogP contribution is 2.34. The Balaban J connectivity index is 1.42. The molecule has 0 radical (unpaired) electrons. The maximum atomic E-state index is 15.3. The number of hydrogen-bond acceptors (Lipinski definition) is 6. The average molecular weight is 526 g/mol. The number of amides is 1. The van der Waals surface area contributed by atoms with Crippen LogP contribution >= 0.6 is 11.6 Å². The lowest BCUT2D eigenvalue weighted by Crippen LogP contribution is -2.21. The lowest BCUT2D eigenvalue weighted by Gasteiger charge is -2.20. The SMILES string of the molecule is CC(C)(C#N)c1c(Cl)ccc(C(=O)Nc2cccc(Nc3ncccc3-c3ncnc4[nH]ccc34)c2)c1F. The van der Waals surface area contributed by atoms with E-state index in [4.69, 9.17) is 11.6 Å². The number of nitrogens with one attached hydrogen (secondary N) is 3. The normalized spacial score (nSPS) is 11.2. The number of aromatic nitrogens is 4. The highest BCUT2D eigenvalue weighted by Gasteiger charge is 2.30.